The highest BCUT2D eigenvalue weighted by Crippen LogP contribution is 2.18. The molecule has 3 aromatic carbocycles. The molecule has 0 atom stereocenters. The highest BCUT2D eigenvalue weighted by Gasteiger charge is 2.06. The first kappa shape index (κ1) is 20.3. The van der Waals surface area contributed by atoms with Gasteiger partial charge < -0.3 is 4.74 Å². The third kappa shape index (κ3) is 6.04. The van der Waals surface area contributed by atoms with Crippen molar-refractivity contribution in [2.75, 3.05) is 0 Å². The number of ether oxygens (including phenoxy) is 1. The molecule has 148 valence electrons. The van der Waals surface area contributed by atoms with Crippen LogP contribution in [0, 0.1) is 20.8 Å². The summed E-state index contributed by atoms with van der Waals surface area (Å²) in [5.41, 5.74) is 9.04. The zero-order valence-electron chi connectivity index (χ0n) is 17.1. The Morgan fingerprint density at radius 3 is 2.45 bits per heavy atom. The maximum absolute atomic E-state index is 12.2. The lowest BCUT2D eigenvalue weighted by Crippen LogP contribution is -2.20. The molecule has 3 aromatic rings. The zero-order valence-corrected chi connectivity index (χ0v) is 17.1. The molecule has 4 heteroatoms. The van der Waals surface area contributed by atoms with E-state index >= 15 is 0 Å². The Labute approximate surface area is 172 Å². The molecule has 0 radical (unpaired) electrons. The Bertz CT molecular complexity index is 1010. The van der Waals surface area contributed by atoms with E-state index in [2.05, 4.69) is 47.8 Å². The molecule has 0 bridgehead atoms. The first-order valence-electron chi connectivity index (χ1n) is 9.66. The molecule has 0 aliphatic carbocycles. The van der Waals surface area contributed by atoms with E-state index in [0.29, 0.717) is 13.0 Å². The third-order valence-electron chi connectivity index (χ3n) is 4.68. The van der Waals surface area contributed by atoms with Gasteiger partial charge in [-0.15, -0.1) is 0 Å². The number of carbonyl (C=O) groups excluding carboxylic acids is 1. The minimum absolute atomic E-state index is 0.147. The number of nitrogens with one attached hydrogen (secondary N) is 1. The minimum atomic E-state index is -0.147. The second-order valence-electron chi connectivity index (χ2n) is 7.21. The number of hydrogen-bond acceptors (Lipinski definition) is 3. The largest absolute Gasteiger partial charge is 0.488 e. The predicted octanol–water partition coefficient (Wildman–Crippen LogP) is 4.88. The molecule has 0 fully saturated rings. The summed E-state index contributed by atoms with van der Waals surface area (Å²) >= 11 is 0. The summed E-state index contributed by atoms with van der Waals surface area (Å²) in [6, 6.07) is 22.0. The zero-order chi connectivity index (χ0) is 20.6. The molecule has 3 rings (SSSR count). The summed E-state index contributed by atoms with van der Waals surface area (Å²) in [6.07, 6.45) is 1.92. The molecular weight excluding hydrogens is 360 g/mol. The van der Waals surface area contributed by atoms with E-state index in [4.69, 9.17) is 4.74 Å². The van der Waals surface area contributed by atoms with Crippen molar-refractivity contribution >= 4 is 12.1 Å². The second kappa shape index (κ2) is 9.69. The molecule has 0 aliphatic rings. The molecule has 0 aromatic heterocycles. The summed E-state index contributed by atoms with van der Waals surface area (Å²) < 4.78 is 5.94. The van der Waals surface area contributed by atoms with Gasteiger partial charge in [0.15, 0.2) is 0 Å². The number of carbonyl (C=O) groups is 1. The SMILES string of the molecule is Cc1ccc(COc2ccccc2/C=N\NC(=O)Cc2ccc(C)cc2C)cc1. The van der Waals surface area contributed by atoms with Gasteiger partial charge in [0.25, 0.3) is 0 Å². The normalized spacial score (nSPS) is 10.9. The van der Waals surface area contributed by atoms with Crippen molar-refractivity contribution in [1.29, 1.82) is 0 Å². The highest BCUT2D eigenvalue weighted by molar-refractivity contribution is 5.85. The van der Waals surface area contributed by atoms with Crippen LogP contribution in [-0.2, 0) is 17.8 Å². The topological polar surface area (TPSA) is 50.7 Å². The molecule has 4 nitrogen and oxygen atoms in total. The summed E-state index contributed by atoms with van der Waals surface area (Å²) in [5, 5.41) is 4.11. The van der Waals surface area contributed by atoms with E-state index in [1.807, 2.05) is 50.2 Å². The van der Waals surface area contributed by atoms with Crippen LogP contribution in [0.1, 0.15) is 33.4 Å². The Morgan fingerprint density at radius 1 is 0.966 bits per heavy atom. The monoisotopic (exact) mass is 386 g/mol. The number of nitrogens with zero attached hydrogens (tertiary/aromatic N) is 1. The lowest BCUT2D eigenvalue weighted by molar-refractivity contribution is -0.120. The van der Waals surface area contributed by atoms with E-state index in [1.165, 1.54) is 11.1 Å². The first-order chi connectivity index (χ1) is 14.0. The van der Waals surface area contributed by atoms with E-state index in [1.54, 1.807) is 6.21 Å². The summed E-state index contributed by atoms with van der Waals surface area (Å²) in [7, 11) is 0. The van der Waals surface area contributed by atoms with E-state index in [-0.39, 0.29) is 5.91 Å². The van der Waals surface area contributed by atoms with Crippen molar-refractivity contribution in [3.8, 4) is 5.75 Å². The average molecular weight is 386 g/mol. The average Bonchev–Trinajstić information content (AvgIpc) is 2.70. The van der Waals surface area contributed by atoms with Crippen molar-refractivity contribution in [2.45, 2.75) is 33.8 Å². The summed E-state index contributed by atoms with van der Waals surface area (Å²) in [5.74, 6) is 0.576. The number of hydrazone groups is 1. The van der Waals surface area contributed by atoms with E-state index in [9.17, 15) is 4.79 Å². The molecule has 0 spiro atoms. The van der Waals surface area contributed by atoms with Crippen molar-refractivity contribution < 1.29 is 9.53 Å². The Morgan fingerprint density at radius 2 is 1.69 bits per heavy atom. The lowest BCUT2D eigenvalue weighted by atomic mass is 10.0. The standard InChI is InChI=1S/C25H26N2O2/c1-18-8-11-21(12-9-18)17-29-24-7-5-4-6-23(24)16-26-27-25(28)15-22-13-10-19(2)14-20(22)3/h4-14,16H,15,17H2,1-3H3,(H,27,28)/b26-16-. The van der Waals surface area contributed by atoms with Crippen LogP contribution in [-0.4, -0.2) is 12.1 Å². The van der Waals surface area contributed by atoms with Gasteiger partial charge >= 0.3 is 0 Å². The molecule has 0 heterocycles. The lowest BCUT2D eigenvalue weighted by Gasteiger charge is -2.09. The van der Waals surface area contributed by atoms with Crippen molar-refractivity contribution in [3.63, 3.8) is 0 Å². The number of aryl methyl sites for hydroxylation is 3. The van der Waals surface area contributed by atoms with Crippen LogP contribution in [0.25, 0.3) is 0 Å². The fourth-order valence-corrected chi connectivity index (χ4v) is 2.99. The van der Waals surface area contributed by atoms with Gasteiger partial charge in [0, 0.05) is 5.56 Å². The maximum atomic E-state index is 12.2. The number of amides is 1. The Hall–Kier alpha value is -3.40. The van der Waals surface area contributed by atoms with Crippen molar-refractivity contribution in [1.82, 2.24) is 5.43 Å². The van der Waals surface area contributed by atoms with Gasteiger partial charge in [-0.25, -0.2) is 5.43 Å². The van der Waals surface area contributed by atoms with Crippen molar-refractivity contribution in [3.05, 3.63) is 100 Å². The van der Waals surface area contributed by atoms with Gasteiger partial charge in [0.1, 0.15) is 12.4 Å². The molecule has 0 saturated carbocycles. The van der Waals surface area contributed by atoms with E-state index < -0.39 is 0 Å². The molecule has 0 unspecified atom stereocenters. The van der Waals surface area contributed by atoms with Crippen LogP contribution in [0.4, 0.5) is 0 Å². The van der Waals surface area contributed by atoms with Crippen LogP contribution in [0.5, 0.6) is 5.75 Å². The Kier molecular flexibility index (Phi) is 6.80. The number of rotatable bonds is 7. The molecule has 0 aliphatic heterocycles. The van der Waals surface area contributed by atoms with Crippen LogP contribution < -0.4 is 10.2 Å². The fourth-order valence-electron chi connectivity index (χ4n) is 2.99. The molecule has 1 amide bonds. The number of hydrogen-bond donors (Lipinski definition) is 1. The van der Waals surface area contributed by atoms with Gasteiger partial charge in [-0.3, -0.25) is 4.79 Å². The van der Waals surface area contributed by atoms with Gasteiger partial charge in [-0.2, -0.15) is 5.10 Å². The van der Waals surface area contributed by atoms with Crippen LogP contribution in [0.2, 0.25) is 0 Å². The van der Waals surface area contributed by atoms with Crippen LogP contribution in [0.15, 0.2) is 71.8 Å². The predicted molar refractivity (Wildman–Crippen MR) is 117 cm³/mol. The van der Waals surface area contributed by atoms with Gasteiger partial charge in [-0.1, -0.05) is 65.7 Å². The number of benzene rings is 3. The summed E-state index contributed by atoms with van der Waals surface area (Å²) in [4.78, 5) is 12.2. The third-order valence-corrected chi connectivity index (χ3v) is 4.68. The number of para-hydroxylation sites is 1. The van der Waals surface area contributed by atoms with Crippen LogP contribution >= 0.6 is 0 Å². The van der Waals surface area contributed by atoms with Gasteiger partial charge in [0.2, 0.25) is 5.91 Å². The highest BCUT2D eigenvalue weighted by atomic mass is 16.5. The summed E-state index contributed by atoms with van der Waals surface area (Å²) in [6.45, 7) is 6.59. The first-order valence-corrected chi connectivity index (χ1v) is 9.66. The quantitative estimate of drug-likeness (QED) is 0.465. The fraction of sp³-hybridized carbons (Fsp3) is 0.200. The van der Waals surface area contributed by atoms with Gasteiger partial charge in [-0.05, 0) is 49.6 Å². The van der Waals surface area contributed by atoms with Crippen LogP contribution in [0.3, 0.4) is 0 Å². The smallest absolute Gasteiger partial charge is 0.244 e. The maximum Gasteiger partial charge on any atom is 0.244 e. The minimum Gasteiger partial charge on any atom is -0.488 e. The van der Waals surface area contributed by atoms with Crippen molar-refractivity contribution in [2.24, 2.45) is 5.10 Å². The molecule has 29 heavy (non-hydrogen) atoms. The Balaban J connectivity index is 1.58. The molecule has 0 saturated heterocycles. The second-order valence-corrected chi connectivity index (χ2v) is 7.21. The van der Waals surface area contributed by atoms with E-state index in [0.717, 1.165) is 28.0 Å². The molecule has 1 N–H and O–H groups in total. The molecular formula is C25H26N2O2. The van der Waals surface area contributed by atoms with Gasteiger partial charge in [0.05, 0.1) is 12.6 Å².